The molecule has 210 valence electrons. The van der Waals surface area contributed by atoms with E-state index in [4.69, 9.17) is 9.47 Å². The Hall–Kier alpha value is -4.27. The van der Waals surface area contributed by atoms with Gasteiger partial charge in [0.2, 0.25) is 11.8 Å². The number of likely N-dealkylation sites (tertiary alicyclic amines) is 1. The SMILES string of the molecule is COC(=O)C(Cc1ccc(OCc2ccccc2)cc1)NC(=O)CC1CCN(C(=O)CCc2ncccn2)CC1. The first kappa shape index (κ1) is 28.7. The van der Waals surface area contributed by atoms with E-state index in [0.717, 1.165) is 29.7 Å². The number of ether oxygens (including phenoxy) is 2. The third kappa shape index (κ3) is 8.90. The van der Waals surface area contributed by atoms with Crippen molar-refractivity contribution >= 4 is 17.8 Å². The summed E-state index contributed by atoms with van der Waals surface area (Å²) < 4.78 is 10.8. The van der Waals surface area contributed by atoms with Crippen LogP contribution in [0.4, 0.5) is 0 Å². The van der Waals surface area contributed by atoms with E-state index in [0.29, 0.717) is 51.2 Å². The smallest absolute Gasteiger partial charge is 0.328 e. The fraction of sp³-hybridized carbons (Fsp3) is 0.387. The summed E-state index contributed by atoms with van der Waals surface area (Å²) in [6.45, 7) is 1.70. The number of piperidine rings is 1. The van der Waals surface area contributed by atoms with E-state index in [1.165, 1.54) is 7.11 Å². The molecule has 1 aliphatic rings. The van der Waals surface area contributed by atoms with Crippen LogP contribution in [0, 0.1) is 5.92 Å². The van der Waals surface area contributed by atoms with E-state index >= 15 is 0 Å². The Morgan fingerprint density at radius 3 is 2.33 bits per heavy atom. The predicted octanol–water partition coefficient (Wildman–Crippen LogP) is 3.52. The number of aromatic nitrogens is 2. The zero-order valence-electron chi connectivity index (χ0n) is 22.8. The standard InChI is InChI=1S/C31H36N4O5/c1-39-31(38)27(20-23-8-10-26(11-9-23)40-22-25-6-3-2-4-7-25)34-29(36)21-24-14-18-35(19-15-24)30(37)13-12-28-32-16-5-17-33-28/h2-11,16-17,24,27H,12-15,18-22H2,1H3,(H,34,36). The predicted molar refractivity (Wildman–Crippen MR) is 149 cm³/mol. The fourth-order valence-corrected chi connectivity index (χ4v) is 4.77. The molecule has 0 saturated carbocycles. The van der Waals surface area contributed by atoms with Crippen molar-refractivity contribution in [1.82, 2.24) is 20.2 Å². The topological polar surface area (TPSA) is 111 Å². The Kier molecular flexibility index (Phi) is 10.6. The molecule has 1 N–H and O–H groups in total. The number of amides is 2. The lowest BCUT2D eigenvalue weighted by molar-refractivity contribution is -0.145. The lowest BCUT2D eigenvalue weighted by atomic mass is 9.92. The lowest BCUT2D eigenvalue weighted by Gasteiger charge is -2.32. The van der Waals surface area contributed by atoms with Gasteiger partial charge in [0.25, 0.3) is 0 Å². The van der Waals surface area contributed by atoms with Crippen LogP contribution in [0.1, 0.15) is 42.6 Å². The van der Waals surface area contributed by atoms with Gasteiger partial charge in [-0.1, -0.05) is 42.5 Å². The number of hydrogen-bond acceptors (Lipinski definition) is 7. The van der Waals surface area contributed by atoms with Crippen LogP contribution in [0.2, 0.25) is 0 Å². The van der Waals surface area contributed by atoms with Crippen molar-refractivity contribution in [2.45, 2.75) is 51.2 Å². The van der Waals surface area contributed by atoms with Crippen molar-refractivity contribution in [3.63, 3.8) is 0 Å². The summed E-state index contributed by atoms with van der Waals surface area (Å²) in [5.41, 5.74) is 1.96. The van der Waals surface area contributed by atoms with E-state index in [1.54, 1.807) is 18.5 Å². The summed E-state index contributed by atoms with van der Waals surface area (Å²) in [4.78, 5) is 48.0. The van der Waals surface area contributed by atoms with Crippen LogP contribution >= 0.6 is 0 Å². The van der Waals surface area contributed by atoms with Gasteiger partial charge in [0.15, 0.2) is 0 Å². The molecule has 1 unspecified atom stereocenters. The summed E-state index contributed by atoms with van der Waals surface area (Å²) in [5.74, 6) is 0.947. The number of methoxy groups -OCH3 is 1. The summed E-state index contributed by atoms with van der Waals surface area (Å²) in [6, 6.07) is 18.4. The Morgan fingerprint density at radius 1 is 0.950 bits per heavy atom. The molecular weight excluding hydrogens is 508 g/mol. The Bertz CT molecular complexity index is 1230. The van der Waals surface area contributed by atoms with Gasteiger partial charge in [0.05, 0.1) is 7.11 Å². The molecule has 1 saturated heterocycles. The number of rotatable bonds is 12. The van der Waals surface area contributed by atoms with E-state index in [-0.39, 0.29) is 17.7 Å². The molecule has 4 rings (SSSR count). The highest BCUT2D eigenvalue weighted by atomic mass is 16.5. The third-order valence-corrected chi connectivity index (χ3v) is 7.06. The van der Waals surface area contributed by atoms with Gasteiger partial charge < -0.3 is 19.7 Å². The van der Waals surface area contributed by atoms with E-state index in [9.17, 15) is 14.4 Å². The second kappa shape index (κ2) is 14.8. The van der Waals surface area contributed by atoms with Gasteiger partial charge in [-0.2, -0.15) is 0 Å². The molecule has 1 aromatic heterocycles. The number of nitrogens with zero attached hydrogens (tertiary/aromatic N) is 3. The van der Waals surface area contributed by atoms with Crippen LogP contribution in [0.25, 0.3) is 0 Å². The summed E-state index contributed by atoms with van der Waals surface area (Å²) in [6.07, 6.45) is 6.34. The van der Waals surface area contributed by atoms with Gasteiger partial charge in [-0.05, 0) is 48.1 Å². The quantitative estimate of drug-likeness (QED) is 0.348. The lowest BCUT2D eigenvalue weighted by Crippen LogP contribution is -2.44. The van der Waals surface area contributed by atoms with Crippen molar-refractivity contribution in [3.8, 4) is 5.75 Å². The minimum absolute atomic E-state index is 0.0811. The van der Waals surface area contributed by atoms with E-state index in [2.05, 4.69) is 15.3 Å². The van der Waals surface area contributed by atoms with Crippen LogP contribution < -0.4 is 10.1 Å². The number of nitrogens with one attached hydrogen (secondary N) is 1. The van der Waals surface area contributed by atoms with Crippen LogP contribution in [0.5, 0.6) is 5.75 Å². The molecule has 0 bridgehead atoms. The molecule has 2 heterocycles. The van der Waals surface area contributed by atoms with Gasteiger partial charge in [-0.15, -0.1) is 0 Å². The number of hydrogen-bond donors (Lipinski definition) is 1. The number of benzene rings is 2. The maximum absolute atomic E-state index is 12.8. The van der Waals surface area contributed by atoms with E-state index in [1.807, 2.05) is 59.5 Å². The molecule has 9 nitrogen and oxygen atoms in total. The number of esters is 1. The molecule has 1 fully saturated rings. The Labute approximate surface area is 234 Å². The number of carbonyl (C=O) groups excluding carboxylic acids is 3. The summed E-state index contributed by atoms with van der Waals surface area (Å²) in [7, 11) is 1.32. The molecule has 9 heteroatoms. The number of carbonyl (C=O) groups is 3. The van der Waals surface area contributed by atoms with Crippen LogP contribution in [0.15, 0.2) is 73.1 Å². The Morgan fingerprint density at radius 2 is 1.65 bits per heavy atom. The van der Waals surface area contributed by atoms with Gasteiger partial charge in [0.1, 0.15) is 24.2 Å². The maximum atomic E-state index is 12.8. The largest absolute Gasteiger partial charge is 0.489 e. The molecule has 40 heavy (non-hydrogen) atoms. The van der Waals surface area contributed by atoms with Crippen LogP contribution in [-0.4, -0.2) is 58.9 Å². The Balaban J connectivity index is 1.21. The average molecular weight is 545 g/mol. The van der Waals surface area contributed by atoms with Crippen molar-refractivity contribution in [1.29, 1.82) is 0 Å². The highest BCUT2D eigenvalue weighted by molar-refractivity contribution is 5.84. The normalized spacial score (nSPS) is 14.3. The van der Waals surface area contributed by atoms with Gasteiger partial charge in [-0.25, -0.2) is 14.8 Å². The van der Waals surface area contributed by atoms with Gasteiger partial charge >= 0.3 is 5.97 Å². The average Bonchev–Trinajstić information content (AvgIpc) is 3.00. The van der Waals surface area contributed by atoms with Gasteiger partial charge in [0, 0.05) is 51.2 Å². The summed E-state index contributed by atoms with van der Waals surface area (Å²) >= 11 is 0. The molecule has 0 aliphatic carbocycles. The molecule has 1 aliphatic heterocycles. The minimum Gasteiger partial charge on any atom is -0.489 e. The molecule has 1 atom stereocenters. The second-order valence-corrected chi connectivity index (χ2v) is 9.96. The zero-order valence-corrected chi connectivity index (χ0v) is 22.8. The van der Waals surface area contributed by atoms with Crippen molar-refractivity contribution in [2.24, 2.45) is 5.92 Å². The number of aryl methyl sites for hydroxylation is 1. The third-order valence-electron chi connectivity index (χ3n) is 7.06. The second-order valence-electron chi connectivity index (χ2n) is 9.96. The monoisotopic (exact) mass is 544 g/mol. The van der Waals surface area contributed by atoms with Crippen molar-refractivity contribution in [2.75, 3.05) is 20.2 Å². The molecular formula is C31H36N4O5. The first-order valence-electron chi connectivity index (χ1n) is 13.7. The first-order valence-corrected chi connectivity index (χ1v) is 13.7. The zero-order chi connectivity index (χ0) is 28.2. The van der Waals surface area contributed by atoms with E-state index < -0.39 is 12.0 Å². The maximum Gasteiger partial charge on any atom is 0.328 e. The van der Waals surface area contributed by atoms with Crippen molar-refractivity contribution in [3.05, 3.63) is 90.0 Å². The van der Waals surface area contributed by atoms with Gasteiger partial charge in [-0.3, -0.25) is 9.59 Å². The molecule has 0 radical (unpaired) electrons. The molecule has 0 spiro atoms. The van der Waals surface area contributed by atoms with Crippen LogP contribution in [-0.2, 0) is 38.6 Å². The molecule has 2 aromatic carbocycles. The highest BCUT2D eigenvalue weighted by Crippen LogP contribution is 2.22. The van der Waals surface area contributed by atoms with Crippen molar-refractivity contribution < 1.29 is 23.9 Å². The summed E-state index contributed by atoms with van der Waals surface area (Å²) in [5, 5.41) is 2.86. The fourth-order valence-electron chi connectivity index (χ4n) is 4.77. The molecule has 3 aromatic rings. The molecule has 2 amide bonds. The minimum atomic E-state index is -0.782. The highest BCUT2D eigenvalue weighted by Gasteiger charge is 2.27. The first-order chi connectivity index (χ1) is 19.5. The van der Waals surface area contributed by atoms with Crippen LogP contribution in [0.3, 0.4) is 0 Å².